The molecule has 0 aromatic carbocycles. The Bertz CT molecular complexity index is 60.1. The molecule has 0 aliphatic rings. The van der Waals surface area contributed by atoms with Crippen LogP contribution in [-0.4, -0.2) is 4.98 Å². The summed E-state index contributed by atoms with van der Waals surface area (Å²) in [6.45, 7) is 0. The van der Waals surface area contributed by atoms with Gasteiger partial charge in [0.2, 0.25) is 0 Å². The van der Waals surface area contributed by atoms with Gasteiger partial charge < -0.3 is 4.98 Å². The summed E-state index contributed by atoms with van der Waals surface area (Å²) in [7, 11) is 0. The van der Waals surface area contributed by atoms with E-state index in [1.165, 1.54) is 0 Å². The van der Waals surface area contributed by atoms with E-state index in [1.54, 1.807) is 12.3 Å². The second kappa shape index (κ2) is 0.931. The summed E-state index contributed by atoms with van der Waals surface area (Å²) in [5, 5.41) is 0. The van der Waals surface area contributed by atoms with E-state index in [4.69, 9.17) is 0 Å². The van der Waals surface area contributed by atoms with Gasteiger partial charge in [-0.2, -0.15) is 0 Å². The topological polar surface area (TPSA) is 15.8 Å². The van der Waals surface area contributed by atoms with Crippen molar-refractivity contribution in [3.8, 4) is 0 Å². The molecule has 1 aromatic rings. The molecule has 1 N–H and O–H groups in total. The third-order valence-corrected chi connectivity index (χ3v) is 0.394. The molecule has 1 nitrogen and oxygen atoms in total. The summed E-state index contributed by atoms with van der Waals surface area (Å²) < 4.78 is 0. The fourth-order valence-electron chi connectivity index (χ4n) is 0.208. The zero-order valence-corrected chi connectivity index (χ0v) is 2.65. The molecule has 1 aromatic heterocycles. The van der Waals surface area contributed by atoms with E-state index in [9.17, 15) is 0 Å². The second-order valence-electron chi connectivity index (χ2n) is 0.744. The largest absolute Gasteiger partial charge is 0.359 e. The van der Waals surface area contributed by atoms with Crippen LogP contribution >= 0.6 is 0 Å². The van der Waals surface area contributed by atoms with Gasteiger partial charge in [-0.25, -0.2) is 0 Å². The Hall–Kier alpha value is -0.720. The van der Waals surface area contributed by atoms with E-state index >= 15 is 0 Å². The first-order valence-electron chi connectivity index (χ1n) is 1.40. The minimum atomic E-state index is 1.69. The van der Waals surface area contributed by atoms with Crippen LogP contribution in [0, 0.1) is 12.3 Å². The van der Waals surface area contributed by atoms with Crippen molar-refractivity contribution in [2.45, 2.75) is 0 Å². The number of hydrogen-bond donors (Lipinski definition) is 1. The predicted octanol–water partition coefficient (Wildman–Crippen LogP) is 0.615. The van der Waals surface area contributed by atoms with Gasteiger partial charge in [-0.3, -0.25) is 0 Å². The molecule has 0 bridgehead atoms. The van der Waals surface area contributed by atoms with Crippen molar-refractivity contribution in [2.75, 3.05) is 0 Å². The molecule has 1 heteroatoms. The minimum Gasteiger partial charge on any atom is -0.359 e. The van der Waals surface area contributed by atoms with Crippen LogP contribution in [0.3, 0.4) is 0 Å². The lowest BCUT2D eigenvalue weighted by atomic mass is 10.7. The molecule has 0 spiro atoms. The Kier molecular flexibility index (Phi) is 0.468. The van der Waals surface area contributed by atoms with Gasteiger partial charge in [0.25, 0.3) is 0 Å². The average molecular weight is 65.1 g/mol. The SMILES string of the molecule is [c]1c[c][nH]c1. The molecule has 0 saturated heterocycles. The van der Waals surface area contributed by atoms with Crippen LogP contribution in [-0.2, 0) is 0 Å². The number of H-pyrrole nitrogens is 1. The van der Waals surface area contributed by atoms with Gasteiger partial charge in [0, 0.05) is 12.3 Å². The van der Waals surface area contributed by atoms with Crippen LogP contribution in [0.1, 0.15) is 0 Å². The van der Waals surface area contributed by atoms with Crippen LogP contribution in [0.2, 0.25) is 0 Å². The molecule has 0 fully saturated rings. The fraction of sp³-hybridized carbons (Fsp3) is 0. The normalized spacial score (nSPS) is 8.00. The van der Waals surface area contributed by atoms with Crippen LogP contribution in [0.25, 0.3) is 0 Å². The first-order chi connectivity index (χ1) is 2.50. The van der Waals surface area contributed by atoms with Gasteiger partial charge in [-0.05, 0) is 6.07 Å². The predicted molar refractivity (Wildman–Crippen MR) is 18.5 cm³/mol. The number of aromatic nitrogens is 1. The highest BCUT2D eigenvalue weighted by Gasteiger charge is 1.58. The van der Waals surface area contributed by atoms with Crippen molar-refractivity contribution >= 4 is 0 Å². The van der Waals surface area contributed by atoms with E-state index in [0.29, 0.717) is 0 Å². The number of nitrogens with one attached hydrogen (secondary N) is 1. The monoisotopic (exact) mass is 65.0 g/mol. The smallest absolute Gasteiger partial charge is 0.0626 e. The molecule has 0 unspecified atom stereocenters. The standard InChI is InChI=1S/C4H3N/c1-2-4-5-3-1/h1,4-5H. The first kappa shape index (κ1) is 2.51. The summed E-state index contributed by atoms with van der Waals surface area (Å²) in [5.41, 5.74) is 0. The molecule has 2 radical (unpaired) electrons. The molecule has 1 rings (SSSR count). The lowest BCUT2D eigenvalue weighted by molar-refractivity contribution is 1.40. The average Bonchev–Trinajstić information content (AvgIpc) is 1.76. The summed E-state index contributed by atoms with van der Waals surface area (Å²) in [4.78, 5) is 2.68. The third kappa shape index (κ3) is 0.293. The molecular weight excluding hydrogens is 62.1 g/mol. The molecule has 0 saturated carbocycles. The zero-order chi connectivity index (χ0) is 3.54. The van der Waals surface area contributed by atoms with E-state index in [1.807, 2.05) is 0 Å². The summed E-state index contributed by atoms with van der Waals surface area (Å²) in [6.07, 6.45) is 4.38. The molecular formula is C4H3N. The summed E-state index contributed by atoms with van der Waals surface area (Å²) in [5.74, 6) is 0. The molecule has 0 aliphatic carbocycles. The van der Waals surface area contributed by atoms with Crippen molar-refractivity contribution in [3.05, 3.63) is 24.5 Å². The van der Waals surface area contributed by atoms with Crippen LogP contribution in [0.5, 0.6) is 0 Å². The van der Waals surface area contributed by atoms with Crippen LogP contribution in [0.15, 0.2) is 12.3 Å². The van der Waals surface area contributed by atoms with Gasteiger partial charge in [-0.1, -0.05) is 0 Å². The summed E-state index contributed by atoms with van der Waals surface area (Å²) >= 11 is 0. The van der Waals surface area contributed by atoms with E-state index < -0.39 is 0 Å². The van der Waals surface area contributed by atoms with E-state index in [-0.39, 0.29) is 0 Å². The van der Waals surface area contributed by atoms with E-state index in [0.717, 1.165) is 0 Å². The van der Waals surface area contributed by atoms with E-state index in [2.05, 4.69) is 17.2 Å². The maximum atomic E-state index is 2.75. The molecule has 5 heavy (non-hydrogen) atoms. The number of hydrogen-bond acceptors (Lipinski definition) is 0. The lowest BCUT2D eigenvalue weighted by Crippen LogP contribution is -1.40. The molecule has 0 aliphatic heterocycles. The lowest BCUT2D eigenvalue weighted by Gasteiger charge is -1.46. The van der Waals surface area contributed by atoms with Crippen molar-refractivity contribution in [3.63, 3.8) is 0 Å². The second-order valence-corrected chi connectivity index (χ2v) is 0.744. The first-order valence-corrected chi connectivity index (χ1v) is 1.40. The molecule has 24 valence electrons. The number of rotatable bonds is 0. The third-order valence-electron chi connectivity index (χ3n) is 0.394. The Morgan fingerprint density at radius 2 is 2.60 bits per heavy atom. The fourth-order valence-corrected chi connectivity index (χ4v) is 0.208. The van der Waals surface area contributed by atoms with Crippen LogP contribution in [0.4, 0.5) is 0 Å². The van der Waals surface area contributed by atoms with Gasteiger partial charge in [0.15, 0.2) is 0 Å². The van der Waals surface area contributed by atoms with Crippen molar-refractivity contribution in [1.82, 2.24) is 4.98 Å². The van der Waals surface area contributed by atoms with Gasteiger partial charge in [0.05, 0.1) is 6.20 Å². The quantitative estimate of drug-likeness (QED) is 0.456. The van der Waals surface area contributed by atoms with Crippen molar-refractivity contribution in [2.24, 2.45) is 0 Å². The maximum Gasteiger partial charge on any atom is 0.0626 e. The van der Waals surface area contributed by atoms with Gasteiger partial charge in [-0.15, -0.1) is 0 Å². The molecule has 0 atom stereocenters. The highest BCUT2D eigenvalue weighted by Crippen LogP contribution is 1.68. The van der Waals surface area contributed by atoms with Crippen molar-refractivity contribution in [1.29, 1.82) is 0 Å². The highest BCUT2D eigenvalue weighted by molar-refractivity contribution is 4.80. The Morgan fingerprint density at radius 3 is 2.80 bits per heavy atom. The highest BCUT2D eigenvalue weighted by atomic mass is 14.6. The number of aromatic amines is 1. The maximum absolute atomic E-state index is 2.75. The Balaban J connectivity index is 3.13. The Morgan fingerprint density at radius 1 is 1.60 bits per heavy atom. The molecule has 0 amide bonds. The van der Waals surface area contributed by atoms with Crippen LogP contribution < -0.4 is 0 Å². The summed E-state index contributed by atoms with van der Waals surface area (Å²) in [6, 6.07) is 4.44. The Labute approximate surface area is 30.6 Å². The molecule has 1 heterocycles. The van der Waals surface area contributed by atoms with Crippen molar-refractivity contribution < 1.29 is 0 Å². The zero-order valence-electron chi connectivity index (χ0n) is 2.65. The minimum absolute atomic E-state index is 1.69. The van der Waals surface area contributed by atoms with Gasteiger partial charge in [0.1, 0.15) is 0 Å². The van der Waals surface area contributed by atoms with Gasteiger partial charge >= 0.3 is 0 Å².